The van der Waals surface area contributed by atoms with E-state index in [2.05, 4.69) is 10.3 Å². The second-order valence-corrected chi connectivity index (χ2v) is 5.04. The van der Waals surface area contributed by atoms with Crippen molar-refractivity contribution < 1.29 is 0 Å². The molecule has 2 heterocycles. The average Bonchev–Trinajstić information content (AvgIpc) is 2.64. The molecule has 0 amide bonds. The minimum Gasteiger partial charge on any atom is -0.365 e. The van der Waals surface area contributed by atoms with Gasteiger partial charge in [0, 0.05) is 17.5 Å². The molecule has 0 aromatic carbocycles. The van der Waals surface area contributed by atoms with Crippen LogP contribution in [-0.2, 0) is 0 Å². The van der Waals surface area contributed by atoms with Crippen LogP contribution in [0, 0.1) is 6.92 Å². The number of halogens is 1. The molecule has 0 radical (unpaired) electrons. The second kappa shape index (κ2) is 4.41. The van der Waals surface area contributed by atoms with E-state index in [1.165, 1.54) is 12.2 Å². The lowest BCUT2D eigenvalue weighted by Crippen LogP contribution is -2.19. The molecule has 76 valence electrons. The first-order chi connectivity index (χ1) is 6.75. The van der Waals surface area contributed by atoms with Gasteiger partial charge in [-0.25, -0.2) is 4.98 Å². The van der Waals surface area contributed by atoms with Gasteiger partial charge in [-0.05, 0) is 31.2 Å². The zero-order valence-electron chi connectivity index (χ0n) is 8.09. The molecule has 1 unspecified atom stereocenters. The molecule has 0 bridgehead atoms. The third-order valence-electron chi connectivity index (χ3n) is 2.26. The van der Waals surface area contributed by atoms with Crippen LogP contribution in [0.3, 0.4) is 0 Å². The summed E-state index contributed by atoms with van der Waals surface area (Å²) in [5.41, 5.74) is 1.00. The lowest BCUT2D eigenvalue weighted by atomic mass is 10.2. The highest BCUT2D eigenvalue weighted by molar-refractivity contribution is 7.99. The molecule has 1 N–H and O–H groups in total. The molecule has 1 aromatic heterocycles. The standard InChI is InChI=1S/C10H13ClN2S/c1-7-2-3-9(11)10(12-7)13-8-4-5-14-6-8/h2-3,8H,4-6H2,1H3,(H,12,13). The molecule has 0 aliphatic carbocycles. The van der Waals surface area contributed by atoms with E-state index in [9.17, 15) is 0 Å². The SMILES string of the molecule is Cc1ccc(Cl)c(NC2CCSC2)n1. The molecule has 1 fully saturated rings. The number of anilines is 1. The Kier molecular flexibility index (Phi) is 3.19. The molecule has 14 heavy (non-hydrogen) atoms. The summed E-state index contributed by atoms with van der Waals surface area (Å²) >= 11 is 8.02. The zero-order chi connectivity index (χ0) is 9.97. The lowest BCUT2D eigenvalue weighted by molar-refractivity contribution is 0.806. The first kappa shape index (κ1) is 10.1. The molecule has 1 aliphatic heterocycles. The van der Waals surface area contributed by atoms with E-state index in [1.807, 2.05) is 30.8 Å². The molecule has 2 rings (SSSR count). The summed E-state index contributed by atoms with van der Waals surface area (Å²) in [5, 5.41) is 4.10. The van der Waals surface area contributed by atoms with Gasteiger partial charge in [0.05, 0.1) is 5.02 Å². The van der Waals surface area contributed by atoms with Gasteiger partial charge in [0.25, 0.3) is 0 Å². The summed E-state index contributed by atoms with van der Waals surface area (Å²) in [6.07, 6.45) is 1.20. The van der Waals surface area contributed by atoms with Crippen molar-refractivity contribution in [2.75, 3.05) is 16.8 Å². The topological polar surface area (TPSA) is 24.9 Å². The Balaban J connectivity index is 2.10. The fraction of sp³-hybridized carbons (Fsp3) is 0.500. The minimum absolute atomic E-state index is 0.534. The van der Waals surface area contributed by atoms with Crippen LogP contribution in [0.2, 0.25) is 5.02 Å². The summed E-state index contributed by atoms with van der Waals surface area (Å²) < 4.78 is 0. The maximum absolute atomic E-state index is 6.04. The first-order valence-corrected chi connectivity index (χ1v) is 6.26. The lowest BCUT2D eigenvalue weighted by Gasteiger charge is -2.13. The molecule has 1 aromatic rings. The number of aromatic nitrogens is 1. The molecule has 4 heteroatoms. The summed E-state index contributed by atoms with van der Waals surface area (Å²) in [7, 11) is 0. The summed E-state index contributed by atoms with van der Waals surface area (Å²) in [6.45, 7) is 1.98. The van der Waals surface area contributed by atoms with Crippen molar-refractivity contribution in [3.8, 4) is 0 Å². The predicted molar refractivity (Wildman–Crippen MR) is 63.3 cm³/mol. The van der Waals surface area contributed by atoms with Crippen LogP contribution in [-0.4, -0.2) is 22.5 Å². The Morgan fingerprint density at radius 2 is 2.43 bits per heavy atom. The third kappa shape index (κ3) is 2.34. The highest BCUT2D eigenvalue weighted by Gasteiger charge is 2.16. The highest BCUT2D eigenvalue weighted by Crippen LogP contribution is 2.24. The number of aryl methyl sites for hydroxylation is 1. The molecule has 1 saturated heterocycles. The molecular formula is C10H13ClN2S. The van der Waals surface area contributed by atoms with Gasteiger partial charge >= 0.3 is 0 Å². The van der Waals surface area contributed by atoms with Gasteiger partial charge in [-0.2, -0.15) is 11.8 Å². The molecular weight excluding hydrogens is 216 g/mol. The second-order valence-electron chi connectivity index (χ2n) is 3.49. The summed E-state index contributed by atoms with van der Waals surface area (Å²) in [6, 6.07) is 4.36. The van der Waals surface area contributed by atoms with E-state index in [1.54, 1.807) is 0 Å². The van der Waals surface area contributed by atoms with E-state index in [0.29, 0.717) is 11.1 Å². The smallest absolute Gasteiger partial charge is 0.145 e. The van der Waals surface area contributed by atoms with Crippen LogP contribution in [0.4, 0.5) is 5.82 Å². The van der Waals surface area contributed by atoms with E-state index in [4.69, 9.17) is 11.6 Å². The molecule has 1 atom stereocenters. The largest absolute Gasteiger partial charge is 0.365 e. The van der Waals surface area contributed by atoms with Gasteiger partial charge < -0.3 is 5.32 Å². The molecule has 0 saturated carbocycles. The van der Waals surface area contributed by atoms with Crippen molar-refractivity contribution in [3.05, 3.63) is 22.8 Å². The van der Waals surface area contributed by atoms with Crippen molar-refractivity contribution in [2.24, 2.45) is 0 Å². The highest BCUT2D eigenvalue weighted by atomic mass is 35.5. The van der Waals surface area contributed by atoms with Gasteiger partial charge in [-0.15, -0.1) is 0 Å². The van der Waals surface area contributed by atoms with Crippen LogP contribution in [0.5, 0.6) is 0 Å². The number of nitrogens with zero attached hydrogens (tertiary/aromatic N) is 1. The minimum atomic E-state index is 0.534. The van der Waals surface area contributed by atoms with E-state index in [0.717, 1.165) is 17.3 Å². The molecule has 1 aliphatic rings. The fourth-order valence-electron chi connectivity index (χ4n) is 1.48. The van der Waals surface area contributed by atoms with Crippen LogP contribution in [0.15, 0.2) is 12.1 Å². The number of thioether (sulfide) groups is 1. The van der Waals surface area contributed by atoms with Crippen LogP contribution in [0.25, 0.3) is 0 Å². The summed E-state index contributed by atoms with van der Waals surface area (Å²) in [5.74, 6) is 3.23. The van der Waals surface area contributed by atoms with Crippen molar-refractivity contribution in [1.29, 1.82) is 0 Å². The monoisotopic (exact) mass is 228 g/mol. The maximum atomic E-state index is 6.04. The normalized spacial score (nSPS) is 21.1. The Labute approximate surface area is 93.4 Å². The van der Waals surface area contributed by atoms with Gasteiger partial charge in [-0.1, -0.05) is 11.6 Å². The Hall–Kier alpha value is -0.410. The number of nitrogens with one attached hydrogen (secondary N) is 1. The quantitative estimate of drug-likeness (QED) is 0.843. The number of hydrogen-bond donors (Lipinski definition) is 1. The third-order valence-corrected chi connectivity index (χ3v) is 3.72. The fourth-order valence-corrected chi connectivity index (χ4v) is 2.79. The van der Waals surface area contributed by atoms with E-state index in [-0.39, 0.29) is 0 Å². The zero-order valence-corrected chi connectivity index (χ0v) is 9.66. The number of pyridine rings is 1. The average molecular weight is 229 g/mol. The van der Waals surface area contributed by atoms with Crippen molar-refractivity contribution in [3.63, 3.8) is 0 Å². The first-order valence-electron chi connectivity index (χ1n) is 4.73. The van der Waals surface area contributed by atoms with Crippen LogP contribution in [0.1, 0.15) is 12.1 Å². The Bertz CT molecular complexity index is 324. The number of hydrogen-bond acceptors (Lipinski definition) is 3. The summed E-state index contributed by atoms with van der Waals surface area (Å²) in [4.78, 5) is 4.38. The molecule has 2 nitrogen and oxygen atoms in total. The van der Waals surface area contributed by atoms with Crippen molar-refractivity contribution >= 4 is 29.2 Å². The van der Waals surface area contributed by atoms with Gasteiger partial charge in [0.1, 0.15) is 5.82 Å². The number of rotatable bonds is 2. The Morgan fingerprint density at radius 3 is 3.14 bits per heavy atom. The van der Waals surface area contributed by atoms with Crippen LogP contribution >= 0.6 is 23.4 Å². The van der Waals surface area contributed by atoms with Crippen LogP contribution < -0.4 is 5.32 Å². The van der Waals surface area contributed by atoms with Gasteiger partial charge in [0.2, 0.25) is 0 Å². The predicted octanol–water partition coefficient (Wildman–Crippen LogP) is 2.96. The Morgan fingerprint density at radius 1 is 1.57 bits per heavy atom. The van der Waals surface area contributed by atoms with Crippen molar-refractivity contribution in [1.82, 2.24) is 4.98 Å². The van der Waals surface area contributed by atoms with E-state index < -0.39 is 0 Å². The van der Waals surface area contributed by atoms with Gasteiger partial charge in [0.15, 0.2) is 0 Å². The van der Waals surface area contributed by atoms with Gasteiger partial charge in [-0.3, -0.25) is 0 Å². The van der Waals surface area contributed by atoms with E-state index >= 15 is 0 Å². The molecule has 0 spiro atoms. The van der Waals surface area contributed by atoms with Crippen molar-refractivity contribution in [2.45, 2.75) is 19.4 Å². The maximum Gasteiger partial charge on any atom is 0.145 e.